The first-order valence-electron chi connectivity index (χ1n) is 10.2. The molecule has 0 saturated heterocycles. The number of benzene rings is 2. The number of nitrogens with one attached hydrogen (secondary N) is 1. The SMILES string of the molecule is CC(C)Oc1ccc(-c2cc(C(=O)Nc3ccccc3SCc3ccncc3)no2)cc1. The van der Waals surface area contributed by atoms with Crippen molar-refractivity contribution in [1.82, 2.24) is 10.1 Å². The molecule has 1 amide bonds. The third kappa shape index (κ3) is 5.56. The van der Waals surface area contributed by atoms with E-state index in [2.05, 4.69) is 15.5 Å². The average molecular weight is 446 g/mol. The van der Waals surface area contributed by atoms with E-state index < -0.39 is 0 Å². The van der Waals surface area contributed by atoms with Gasteiger partial charge in [-0.3, -0.25) is 9.78 Å². The van der Waals surface area contributed by atoms with Gasteiger partial charge in [-0.2, -0.15) is 0 Å². The summed E-state index contributed by atoms with van der Waals surface area (Å²) in [7, 11) is 0. The smallest absolute Gasteiger partial charge is 0.277 e. The lowest BCUT2D eigenvalue weighted by Crippen LogP contribution is -2.12. The summed E-state index contributed by atoms with van der Waals surface area (Å²) in [4.78, 5) is 17.8. The number of hydrogen-bond donors (Lipinski definition) is 1. The second-order valence-electron chi connectivity index (χ2n) is 7.36. The van der Waals surface area contributed by atoms with Crippen molar-refractivity contribution in [3.05, 3.63) is 90.4 Å². The van der Waals surface area contributed by atoms with Crippen molar-refractivity contribution >= 4 is 23.4 Å². The first-order valence-corrected chi connectivity index (χ1v) is 11.2. The molecular formula is C25H23N3O3S. The van der Waals surface area contributed by atoms with Crippen LogP contribution in [0.3, 0.4) is 0 Å². The molecule has 0 radical (unpaired) electrons. The maximum atomic E-state index is 12.8. The molecule has 2 aromatic carbocycles. The van der Waals surface area contributed by atoms with Crippen LogP contribution in [0.1, 0.15) is 29.9 Å². The van der Waals surface area contributed by atoms with Crippen molar-refractivity contribution in [2.24, 2.45) is 0 Å². The third-order valence-corrected chi connectivity index (χ3v) is 5.68. The van der Waals surface area contributed by atoms with E-state index >= 15 is 0 Å². The number of amides is 1. The molecule has 0 aliphatic rings. The largest absolute Gasteiger partial charge is 0.491 e. The van der Waals surface area contributed by atoms with Crippen LogP contribution in [0.25, 0.3) is 11.3 Å². The van der Waals surface area contributed by atoms with Crippen LogP contribution < -0.4 is 10.1 Å². The van der Waals surface area contributed by atoms with Crippen molar-refractivity contribution in [2.45, 2.75) is 30.6 Å². The fourth-order valence-corrected chi connectivity index (χ4v) is 3.97. The van der Waals surface area contributed by atoms with Crippen molar-refractivity contribution in [3.63, 3.8) is 0 Å². The Morgan fingerprint density at radius 1 is 1.06 bits per heavy atom. The summed E-state index contributed by atoms with van der Waals surface area (Å²) < 4.78 is 11.1. The summed E-state index contributed by atoms with van der Waals surface area (Å²) in [6, 6.07) is 20.8. The number of para-hydroxylation sites is 1. The zero-order valence-corrected chi connectivity index (χ0v) is 18.6. The molecule has 7 heteroatoms. The fraction of sp³-hybridized carbons (Fsp3) is 0.160. The van der Waals surface area contributed by atoms with Crippen molar-refractivity contribution < 1.29 is 14.1 Å². The zero-order valence-electron chi connectivity index (χ0n) is 17.8. The van der Waals surface area contributed by atoms with Crippen LogP contribution in [0.2, 0.25) is 0 Å². The van der Waals surface area contributed by atoms with Crippen molar-refractivity contribution in [2.75, 3.05) is 5.32 Å². The Balaban J connectivity index is 1.43. The van der Waals surface area contributed by atoms with Crippen LogP contribution in [-0.4, -0.2) is 22.2 Å². The van der Waals surface area contributed by atoms with E-state index in [0.29, 0.717) is 5.76 Å². The molecule has 2 heterocycles. The van der Waals surface area contributed by atoms with Gasteiger partial charge in [0.15, 0.2) is 11.5 Å². The number of rotatable bonds is 8. The molecule has 0 atom stereocenters. The molecule has 6 nitrogen and oxygen atoms in total. The van der Waals surface area contributed by atoms with E-state index in [9.17, 15) is 4.79 Å². The molecular weight excluding hydrogens is 422 g/mol. The molecule has 0 spiro atoms. The van der Waals surface area contributed by atoms with Crippen molar-refractivity contribution in [3.8, 4) is 17.1 Å². The molecule has 0 aliphatic carbocycles. The Hall–Kier alpha value is -3.58. The van der Waals surface area contributed by atoms with E-state index in [-0.39, 0.29) is 17.7 Å². The maximum Gasteiger partial charge on any atom is 0.277 e. The minimum atomic E-state index is -0.322. The zero-order chi connectivity index (χ0) is 22.3. The lowest BCUT2D eigenvalue weighted by Gasteiger charge is -2.09. The van der Waals surface area contributed by atoms with Crippen LogP contribution in [0, 0.1) is 0 Å². The van der Waals surface area contributed by atoms with E-state index in [0.717, 1.165) is 33.2 Å². The van der Waals surface area contributed by atoms with E-state index in [1.165, 1.54) is 0 Å². The van der Waals surface area contributed by atoms with Crippen molar-refractivity contribution in [1.29, 1.82) is 0 Å². The fourth-order valence-electron chi connectivity index (χ4n) is 3.01. The highest BCUT2D eigenvalue weighted by Crippen LogP contribution is 2.30. The number of thioether (sulfide) groups is 1. The van der Waals surface area contributed by atoms with Gasteiger partial charge >= 0.3 is 0 Å². The molecule has 0 fully saturated rings. The van der Waals surface area contributed by atoms with Gasteiger partial charge in [0.05, 0.1) is 11.8 Å². The van der Waals surface area contributed by atoms with Crippen LogP contribution in [0.15, 0.2) is 88.5 Å². The number of carbonyl (C=O) groups excluding carboxylic acids is 1. The number of pyridine rings is 1. The van der Waals surface area contributed by atoms with Gasteiger partial charge in [0.2, 0.25) is 0 Å². The molecule has 0 bridgehead atoms. The molecule has 1 N–H and O–H groups in total. The number of carbonyl (C=O) groups is 1. The highest BCUT2D eigenvalue weighted by molar-refractivity contribution is 7.98. The highest BCUT2D eigenvalue weighted by atomic mass is 32.2. The second kappa shape index (κ2) is 10.2. The normalized spacial score (nSPS) is 10.8. The molecule has 4 aromatic rings. The summed E-state index contributed by atoms with van der Waals surface area (Å²) >= 11 is 1.65. The Kier molecular flexibility index (Phi) is 6.87. The highest BCUT2D eigenvalue weighted by Gasteiger charge is 2.16. The second-order valence-corrected chi connectivity index (χ2v) is 8.38. The lowest BCUT2D eigenvalue weighted by atomic mass is 10.1. The number of aromatic nitrogens is 2. The summed E-state index contributed by atoms with van der Waals surface area (Å²) in [6.45, 7) is 3.95. The van der Waals surface area contributed by atoms with Gasteiger partial charge in [0.1, 0.15) is 5.75 Å². The first kappa shape index (κ1) is 21.6. The minimum absolute atomic E-state index is 0.104. The molecule has 0 aliphatic heterocycles. The number of hydrogen-bond acceptors (Lipinski definition) is 6. The predicted octanol–water partition coefficient (Wildman–Crippen LogP) is 6.07. The summed E-state index contributed by atoms with van der Waals surface area (Å²) in [5.41, 5.74) is 2.94. The van der Waals surface area contributed by atoms with Gasteiger partial charge in [-0.15, -0.1) is 11.8 Å². The summed E-state index contributed by atoms with van der Waals surface area (Å²) in [5, 5.41) is 6.89. The Labute approximate surface area is 191 Å². The summed E-state index contributed by atoms with van der Waals surface area (Å²) in [6.07, 6.45) is 3.65. The molecule has 0 saturated carbocycles. The monoisotopic (exact) mass is 445 g/mol. The molecule has 4 rings (SSSR count). The molecule has 2 aromatic heterocycles. The number of anilines is 1. The molecule has 32 heavy (non-hydrogen) atoms. The maximum absolute atomic E-state index is 12.8. The van der Waals surface area contributed by atoms with Crippen LogP contribution >= 0.6 is 11.8 Å². The Morgan fingerprint density at radius 3 is 2.56 bits per heavy atom. The molecule has 162 valence electrons. The average Bonchev–Trinajstić information content (AvgIpc) is 3.30. The molecule has 0 unspecified atom stereocenters. The minimum Gasteiger partial charge on any atom is -0.491 e. The Bertz CT molecular complexity index is 1170. The topological polar surface area (TPSA) is 77.2 Å². The van der Waals surface area contributed by atoms with E-state index in [1.807, 2.05) is 74.5 Å². The summed E-state index contributed by atoms with van der Waals surface area (Å²) in [5.74, 6) is 1.76. The van der Waals surface area contributed by atoms with Crippen LogP contribution in [0.5, 0.6) is 5.75 Å². The van der Waals surface area contributed by atoms with Gasteiger partial charge < -0.3 is 14.6 Å². The quantitative estimate of drug-likeness (QED) is 0.332. The van der Waals surface area contributed by atoms with Gasteiger partial charge in [-0.1, -0.05) is 17.3 Å². The van der Waals surface area contributed by atoms with Crippen LogP contribution in [-0.2, 0) is 5.75 Å². The number of ether oxygens (including phenoxy) is 1. The standard InChI is InChI=1S/C25H23N3O3S/c1-17(2)30-20-9-7-19(8-10-20)23-15-22(28-31-23)25(29)27-21-5-3-4-6-24(21)32-16-18-11-13-26-14-12-18/h3-15,17H,16H2,1-2H3,(H,27,29). The lowest BCUT2D eigenvalue weighted by molar-refractivity contribution is 0.101. The van der Waals surface area contributed by atoms with Crippen LogP contribution in [0.4, 0.5) is 5.69 Å². The Morgan fingerprint density at radius 2 is 1.81 bits per heavy atom. The van der Waals surface area contributed by atoms with Gasteiger partial charge in [-0.25, -0.2) is 0 Å². The first-order chi connectivity index (χ1) is 15.6. The van der Waals surface area contributed by atoms with E-state index in [4.69, 9.17) is 9.26 Å². The van der Waals surface area contributed by atoms with Gasteiger partial charge in [0, 0.05) is 34.7 Å². The predicted molar refractivity (Wildman–Crippen MR) is 126 cm³/mol. The number of nitrogens with zero attached hydrogens (tertiary/aromatic N) is 2. The third-order valence-electron chi connectivity index (χ3n) is 4.53. The van der Waals surface area contributed by atoms with Gasteiger partial charge in [0.25, 0.3) is 5.91 Å². The van der Waals surface area contributed by atoms with E-state index in [1.54, 1.807) is 30.2 Å². The van der Waals surface area contributed by atoms with Gasteiger partial charge in [-0.05, 0) is 67.9 Å².